The van der Waals surface area contributed by atoms with Crippen LogP contribution in [0.1, 0.15) is 5.56 Å². The summed E-state index contributed by atoms with van der Waals surface area (Å²) < 4.78 is 2.14. The van der Waals surface area contributed by atoms with Gasteiger partial charge in [-0.05, 0) is 35.9 Å². The summed E-state index contributed by atoms with van der Waals surface area (Å²) in [6.45, 7) is 0. The van der Waals surface area contributed by atoms with Crippen molar-refractivity contribution < 1.29 is 9.90 Å². The van der Waals surface area contributed by atoms with Crippen LogP contribution in [0.2, 0.25) is 0 Å². The first-order valence-corrected chi connectivity index (χ1v) is 7.46. The number of amides is 1. The maximum absolute atomic E-state index is 12.5. The minimum absolute atomic E-state index is 0.121. The second-order valence-corrected chi connectivity index (χ2v) is 6.09. The molecule has 0 atom stereocenters. The van der Waals surface area contributed by atoms with Crippen molar-refractivity contribution in [1.82, 2.24) is 0 Å². The Balaban J connectivity index is 1.92. The number of anilines is 1. The Morgan fingerprint density at radius 1 is 1.05 bits per heavy atom. The quantitative estimate of drug-likeness (QED) is 0.520. The van der Waals surface area contributed by atoms with Crippen LogP contribution in [0.25, 0.3) is 6.08 Å². The van der Waals surface area contributed by atoms with E-state index in [4.69, 9.17) is 12.2 Å². The summed E-state index contributed by atoms with van der Waals surface area (Å²) in [4.78, 5) is 12.5. The number of phenolic OH excluding ortho intramolecular Hbond substituents is 1. The number of carbonyl (C=O) groups is 1. The van der Waals surface area contributed by atoms with Gasteiger partial charge in [-0.2, -0.15) is 0 Å². The van der Waals surface area contributed by atoms with E-state index in [0.717, 1.165) is 11.3 Å². The van der Waals surface area contributed by atoms with Crippen LogP contribution in [-0.2, 0) is 4.79 Å². The Kier molecular flexibility index (Phi) is 3.77. The van der Waals surface area contributed by atoms with Crippen LogP contribution >= 0.6 is 24.2 Å². The lowest BCUT2D eigenvalue weighted by molar-refractivity contribution is -0.113. The van der Waals surface area contributed by atoms with Crippen LogP contribution in [0.15, 0.2) is 60.2 Å². The molecule has 1 amide bonds. The molecule has 2 aromatic carbocycles. The van der Waals surface area contributed by atoms with Crippen LogP contribution in [0, 0.1) is 0 Å². The number of hydrogen-bond donors (Lipinski definition) is 1. The van der Waals surface area contributed by atoms with Crippen molar-refractivity contribution in [3.63, 3.8) is 0 Å². The molecule has 0 aromatic heterocycles. The van der Waals surface area contributed by atoms with Gasteiger partial charge in [0.05, 0.1) is 11.3 Å². The van der Waals surface area contributed by atoms with Gasteiger partial charge in [0.25, 0.3) is 5.91 Å². The van der Waals surface area contributed by atoms with Crippen molar-refractivity contribution in [2.24, 2.45) is 0 Å². The molecule has 3 rings (SSSR count). The highest BCUT2D eigenvalue weighted by Gasteiger charge is 2.33. The van der Waals surface area contributed by atoms with E-state index >= 15 is 0 Å². The number of nitrogens with zero attached hydrogens (tertiary/aromatic N) is 1. The molecule has 1 saturated heterocycles. The molecule has 0 radical (unpaired) electrons. The van der Waals surface area contributed by atoms with Gasteiger partial charge in [0.2, 0.25) is 0 Å². The van der Waals surface area contributed by atoms with Gasteiger partial charge in [-0.3, -0.25) is 4.79 Å². The molecular formula is C16H11NO2S2. The van der Waals surface area contributed by atoms with Crippen LogP contribution in [0.4, 0.5) is 5.69 Å². The largest absolute Gasteiger partial charge is 0.508 e. The Morgan fingerprint density at radius 3 is 2.38 bits per heavy atom. The van der Waals surface area contributed by atoms with Gasteiger partial charge in [0.15, 0.2) is 0 Å². The van der Waals surface area contributed by atoms with Crippen molar-refractivity contribution in [2.75, 3.05) is 4.31 Å². The Bertz CT molecular complexity index is 724. The van der Waals surface area contributed by atoms with Crippen LogP contribution in [0.3, 0.4) is 0 Å². The third-order valence-electron chi connectivity index (χ3n) is 3.00. The number of rotatable bonds is 2. The van der Waals surface area contributed by atoms with Crippen molar-refractivity contribution >= 4 is 46.0 Å². The van der Waals surface area contributed by atoms with Crippen molar-refractivity contribution in [2.45, 2.75) is 0 Å². The van der Waals surface area contributed by atoms with E-state index in [2.05, 4.69) is 0 Å². The summed E-state index contributed by atoms with van der Waals surface area (Å²) in [6.07, 6.45) is 1.75. The smallest absolute Gasteiger partial charge is 0.270 e. The fourth-order valence-corrected chi connectivity index (χ4v) is 3.15. The summed E-state index contributed by atoms with van der Waals surface area (Å²) in [7, 11) is 0. The molecule has 1 heterocycles. The zero-order valence-electron chi connectivity index (χ0n) is 10.9. The zero-order valence-corrected chi connectivity index (χ0v) is 12.5. The molecule has 1 fully saturated rings. The number of thiocarbonyl (C=S) groups is 1. The molecule has 2 aromatic rings. The standard InChI is InChI=1S/C16H11NO2S2/c18-13-8-6-11(7-9-13)10-14-15(19)17(21-16(14)20)12-4-2-1-3-5-12/h1-10,18H. The highest BCUT2D eigenvalue weighted by Crippen LogP contribution is 2.35. The minimum atomic E-state index is -0.121. The van der Waals surface area contributed by atoms with E-state index in [0.29, 0.717) is 9.77 Å². The third-order valence-corrected chi connectivity index (χ3v) is 4.39. The van der Waals surface area contributed by atoms with Crippen molar-refractivity contribution in [3.05, 3.63) is 65.7 Å². The van der Waals surface area contributed by atoms with Gasteiger partial charge in [-0.25, -0.2) is 4.31 Å². The number of hydrogen-bond acceptors (Lipinski definition) is 4. The molecule has 0 unspecified atom stereocenters. The number of phenols is 1. The molecule has 5 heteroatoms. The summed E-state index contributed by atoms with van der Waals surface area (Å²) in [5.74, 6) is 0.0713. The lowest BCUT2D eigenvalue weighted by atomic mass is 10.1. The highest BCUT2D eigenvalue weighted by molar-refractivity contribution is 8.26. The van der Waals surface area contributed by atoms with Gasteiger partial charge in [0.1, 0.15) is 9.95 Å². The second kappa shape index (κ2) is 5.71. The maximum Gasteiger partial charge on any atom is 0.270 e. The van der Waals surface area contributed by atoms with E-state index in [1.165, 1.54) is 11.9 Å². The monoisotopic (exact) mass is 313 g/mol. The Morgan fingerprint density at radius 2 is 1.71 bits per heavy atom. The first-order chi connectivity index (χ1) is 10.1. The first kappa shape index (κ1) is 13.9. The molecule has 0 aliphatic carbocycles. The normalized spacial score (nSPS) is 16.8. The molecular weight excluding hydrogens is 302 g/mol. The zero-order chi connectivity index (χ0) is 14.8. The lowest BCUT2D eigenvalue weighted by Gasteiger charge is -2.12. The van der Waals surface area contributed by atoms with Gasteiger partial charge >= 0.3 is 0 Å². The van der Waals surface area contributed by atoms with Crippen LogP contribution in [-0.4, -0.2) is 15.2 Å². The molecule has 0 spiro atoms. The SMILES string of the molecule is O=C1C(=Cc2ccc(O)cc2)C(=S)SN1c1ccccc1. The van der Waals surface area contributed by atoms with E-state index in [1.807, 2.05) is 30.3 Å². The molecule has 1 aliphatic heterocycles. The predicted molar refractivity (Wildman–Crippen MR) is 90.2 cm³/mol. The second-order valence-electron chi connectivity index (χ2n) is 4.46. The fourth-order valence-electron chi connectivity index (χ4n) is 1.96. The number of carbonyl (C=O) groups excluding carboxylic acids is 1. The summed E-state index contributed by atoms with van der Waals surface area (Å²) in [5, 5.41) is 9.29. The van der Waals surface area contributed by atoms with E-state index in [-0.39, 0.29) is 11.7 Å². The molecule has 3 nitrogen and oxygen atoms in total. The van der Waals surface area contributed by atoms with Crippen molar-refractivity contribution in [1.29, 1.82) is 0 Å². The Hall–Kier alpha value is -2.11. The van der Waals surface area contributed by atoms with E-state index < -0.39 is 0 Å². The predicted octanol–water partition coefficient (Wildman–Crippen LogP) is 3.80. The van der Waals surface area contributed by atoms with Crippen molar-refractivity contribution in [3.8, 4) is 5.75 Å². The van der Waals surface area contributed by atoms with E-state index in [9.17, 15) is 9.90 Å². The maximum atomic E-state index is 12.5. The van der Waals surface area contributed by atoms with Gasteiger partial charge in [0, 0.05) is 11.9 Å². The molecule has 104 valence electrons. The van der Waals surface area contributed by atoms with Gasteiger partial charge in [-0.1, -0.05) is 42.5 Å². The summed E-state index contributed by atoms with van der Waals surface area (Å²) >= 11 is 6.56. The average molecular weight is 313 g/mol. The molecule has 21 heavy (non-hydrogen) atoms. The molecule has 1 aliphatic rings. The topological polar surface area (TPSA) is 40.5 Å². The molecule has 1 N–H and O–H groups in total. The molecule has 0 bridgehead atoms. The van der Waals surface area contributed by atoms with Crippen LogP contribution in [0.5, 0.6) is 5.75 Å². The lowest BCUT2D eigenvalue weighted by Crippen LogP contribution is -2.17. The van der Waals surface area contributed by atoms with Crippen LogP contribution < -0.4 is 4.31 Å². The fraction of sp³-hybridized carbons (Fsp3) is 0. The third kappa shape index (κ3) is 2.84. The average Bonchev–Trinajstić information content (AvgIpc) is 2.78. The summed E-state index contributed by atoms with van der Waals surface area (Å²) in [5.41, 5.74) is 2.14. The number of aromatic hydroxyl groups is 1. The summed E-state index contributed by atoms with van der Waals surface area (Å²) in [6, 6.07) is 16.1. The van der Waals surface area contributed by atoms with E-state index in [1.54, 1.807) is 34.6 Å². The van der Waals surface area contributed by atoms with Gasteiger partial charge < -0.3 is 5.11 Å². The number of benzene rings is 2. The number of para-hydroxylation sites is 1. The van der Waals surface area contributed by atoms with Gasteiger partial charge in [-0.15, -0.1) is 0 Å². The highest BCUT2D eigenvalue weighted by atomic mass is 32.2. The Labute approximate surface area is 132 Å². The first-order valence-electron chi connectivity index (χ1n) is 6.28. The molecule has 0 saturated carbocycles. The minimum Gasteiger partial charge on any atom is -0.508 e.